The molecule has 2 aromatic carbocycles. The SMILES string of the molecule is CCc1c(O)ccc2cc(O)cc(C(C)C)c12. The van der Waals surface area contributed by atoms with Gasteiger partial charge in [-0.25, -0.2) is 0 Å². The van der Waals surface area contributed by atoms with Crippen LogP contribution in [0.1, 0.15) is 37.8 Å². The van der Waals surface area contributed by atoms with Crippen molar-refractivity contribution >= 4 is 10.8 Å². The van der Waals surface area contributed by atoms with Gasteiger partial charge in [0.05, 0.1) is 0 Å². The van der Waals surface area contributed by atoms with Gasteiger partial charge in [0.25, 0.3) is 0 Å². The molecule has 0 atom stereocenters. The van der Waals surface area contributed by atoms with Gasteiger partial charge in [-0.3, -0.25) is 0 Å². The van der Waals surface area contributed by atoms with Gasteiger partial charge in [-0.15, -0.1) is 0 Å². The molecule has 0 aliphatic rings. The molecule has 0 heterocycles. The maximum atomic E-state index is 9.92. The first kappa shape index (κ1) is 11.8. The lowest BCUT2D eigenvalue weighted by Crippen LogP contribution is -1.94. The summed E-state index contributed by atoms with van der Waals surface area (Å²) < 4.78 is 0. The van der Waals surface area contributed by atoms with Gasteiger partial charge in [-0.1, -0.05) is 26.8 Å². The molecule has 0 saturated carbocycles. The Bertz CT molecular complexity index is 556. The number of rotatable bonds is 2. The molecule has 2 heteroatoms. The van der Waals surface area contributed by atoms with Gasteiger partial charge in [-0.05, 0) is 46.9 Å². The fourth-order valence-electron chi connectivity index (χ4n) is 2.36. The lowest BCUT2D eigenvalue weighted by molar-refractivity contribution is 0.469. The Kier molecular flexibility index (Phi) is 2.97. The van der Waals surface area contributed by atoms with Crippen molar-refractivity contribution in [3.63, 3.8) is 0 Å². The molecular weight excluding hydrogens is 212 g/mol. The fraction of sp³-hybridized carbons (Fsp3) is 0.333. The van der Waals surface area contributed by atoms with E-state index in [1.54, 1.807) is 18.2 Å². The van der Waals surface area contributed by atoms with E-state index in [0.29, 0.717) is 11.7 Å². The molecular formula is C15H18O2. The fourth-order valence-corrected chi connectivity index (χ4v) is 2.36. The molecule has 0 aromatic heterocycles. The molecule has 2 rings (SSSR count). The first-order valence-corrected chi connectivity index (χ1v) is 6.02. The van der Waals surface area contributed by atoms with Gasteiger partial charge in [0.1, 0.15) is 11.5 Å². The normalized spacial score (nSPS) is 11.3. The number of benzene rings is 2. The van der Waals surface area contributed by atoms with E-state index in [1.165, 1.54) is 0 Å². The maximum absolute atomic E-state index is 9.92. The Morgan fingerprint density at radius 1 is 1.12 bits per heavy atom. The third-order valence-corrected chi connectivity index (χ3v) is 3.19. The summed E-state index contributed by atoms with van der Waals surface area (Å²) in [5, 5.41) is 21.7. The molecule has 2 nitrogen and oxygen atoms in total. The van der Waals surface area contributed by atoms with Crippen molar-refractivity contribution in [2.75, 3.05) is 0 Å². The zero-order chi connectivity index (χ0) is 12.6. The van der Waals surface area contributed by atoms with E-state index in [1.807, 2.05) is 13.0 Å². The van der Waals surface area contributed by atoms with E-state index >= 15 is 0 Å². The molecule has 0 aliphatic carbocycles. The minimum absolute atomic E-state index is 0.286. The highest BCUT2D eigenvalue weighted by Crippen LogP contribution is 2.36. The molecule has 2 aromatic rings. The van der Waals surface area contributed by atoms with E-state index in [9.17, 15) is 10.2 Å². The topological polar surface area (TPSA) is 40.5 Å². The van der Waals surface area contributed by atoms with E-state index in [-0.39, 0.29) is 5.75 Å². The zero-order valence-electron chi connectivity index (χ0n) is 10.5. The van der Waals surface area contributed by atoms with Crippen molar-refractivity contribution in [2.45, 2.75) is 33.1 Å². The van der Waals surface area contributed by atoms with Crippen molar-refractivity contribution in [2.24, 2.45) is 0 Å². The number of hydrogen-bond donors (Lipinski definition) is 2. The number of aromatic hydroxyl groups is 2. The van der Waals surface area contributed by atoms with Crippen LogP contribution in [-0.2, 0) is 6.42 Å². The van der Waals surface area contributed by atoms with Crippen LogP contribution in [0.4, 0.5) is 0 Å². The van der Waals surface area contributed by atoms with Gasteiger partial charge < -0.3 is 10.2 Å². The van der Waals surface area contributed by atoms with Crippen LogP contribution in [0.15, 0.2) is 24.3 Å². The van der Waals surface area contributed by atoms with Crippen LogP contribution in [0.3, 0.4) is 0 Å². The summed E-state index contributed by atoms with van der Waals surface area (Å²) in [6, 6.07) is 7.10. The highest BCUT2D eigenvalue weighted by atomic mass is 16.3. The molecule has 0 bridgehead atoms. The van der Waals surface area contributed by atoms with Crippen LogP contribution in [0, 0.1) is 0 Å². The van der Waals surface area contributed by atoms with Gasteiger partial charge >= 0.3 is 0 Å². The predicted octanol–water partition coefficient (Wildman–Crippen LogP) is 3.94. The predicted molar refractivity (Wildman–Crippen MR) is 70.7 cm³/mol. The highest BCUT2D eigenvalue weighted by molar-refractivity contribution is 5.92. The Morgan fingerprint density at radius 3 is 2.41 bits per heavy atom. The third-order valence-electron chi connectivity index (χ3n) is 3.19. The van der Waals surface area contributed by atoms with Crippen molar-refractivity contribution < 1.29 is 10.2 Å². The molecule has 0 amide bonds. The lowest BCUT2D eigenvalue weighted by atomic mass is 9.91. The van der Waals surface area contributed by atoms with Gasteiger partial charge in [0.15, 0.2) is 0 Å². The van der Waals surface area contributed by atoms with E-state index in [4.69, 9.17) is 0 Å². The van der Waals surface area contributed by atoms with Crippen LogP contribution in [0.2, 0.25) is 0 Å². The second-order valence-electron chi connectivity index (χ2n) is 4.70. The van der Waals surface area contributed by atoms with Crippen molar-refractivity contribution in [1.82, 2.24) is 0 Å². The molecule has 0 saturated heterocycles. The minimum Gasteiger partial charge on any atom is -0.508 e. The van der Waals surface area contributed by atoms with Gasteiger partial charge in [0.2, 0.25) is 0 Å². The summed E-state index contributed by atoms with van der Waals surface area (Å²) in [6.07, 6.45) is 0.785. The van der Waals surface area contributed by atoms with Crippen LogP contribution < -0.4 is 0 Å². The number of aryl methyl sites for hydroxylation is 1. The molecule has 0 unspecified atom stereocenters. The van der Waals surface area contributed by atoms with Crippen LogP contribution >= 0.6 is 0 Å². The number of phenolic OH excluding ortho intramolecular Hbond substituents is 2. The van der Waals surface area contributed by atoms with Crippen LogP contribution in [0.5, 0.6) is 11.5 Å². The van der Waals surface area contributed by atoms with E-state index < -0.39 is 0 Å². The molecule has 0 aliphatic heterocycles. The molecule has 17 heavy (non-hydrogen) atoms. The summed E-state index contributed by atoms with van der Waals surface area (Å²) in [7, 11) is 0. The number of fused-ring (bicyclic) bond motifs is 1. The van der Waals surface area contributed by atoms with Gasteiger partial charge in [-0.2, -0.15) is 0 Å². The van der Waals surface area contributed by atoms with Crippen LogP contribution in [-0.4, -0.2) is 10.2 Å². The van der Waals surface area contributed by atoms with Crippen molar-refractivity contribution in [1.29, 1.82) is 0 Å². The molecule has 2 N–H and O–H groups in total. The molecule has 90 valence electrons. The monoisotopic (exact) mass is 230 g/mol. The molecule has 0 fully saturated rings. The van der Waals surface area contributed by atoms with Crippen molar-refractivity contribution in [3.8, 4) is 11.5 Å². The summed E-state index contributed by atoms with van der Waals surface area (Å²) in [5.41, 5.74) is 2.05. The molecule has 0 spiro atoms. The maximum Gasteiger partial charge on any atom is 0.119 e. The summed E-state index contributed by atoms with van der Waals surface area (Å²) in [4.78, 5) is 0. The summed E-state index contributed by atoms with van der Waals surface area (Å²) >= 11 is 0. The average molecular weight is 230 g/mol. The van der Waals surface area contributed by atoms with Crippen LogP contribution in [0.25, 0.3) is 10.8 Å². The minimum atomic E-state index is 0.286. The Labute approximate surface area is 102 Å². The highest BCUT2D eigenvalue weighted by Gasteiger charge is 2.13. The summed E-state index contributed by atoms with van der Waals surface area (Å²) in [5.74, 6) is 0.943. The quantitative estimate of drug-likeness (QED) is 0.820. The second-order valence-corrected chi connectivity index (χ2v) is 4.70. The largest absolute Gasteiger partial charge is 0.508 e. The van der Waals surface area contributed by atoms with Crippen molar-refractivity contribution in [3.05, 3.63) is 35.4 Å². The zero-order valence-corrected chi connectivity index (χ0v) is 10.5. The van der Waals surface area contributed by atoms with Gasteiger partial charge in [0, 0.05) is 5.56 Å². The third kappa shape index (κ3) is 1.95. The van der Waals surface area contributed by atoms with E-state index in [2.05, 4.69) is 13.8 Å². The Hall–Kier alpha value is -1.70. The lowest BCUT2D eigenvalue weighted by Gasteiger charge is -2.15. The average Bonchev–Trinajstić information content (AvgIpc) is 2.28. The second kappa shape index (κ2) is 4.28. The Morgan fingerprint density at radius 2 is 1.82 bits per heavy atom. The first-order chi connectivity index (χ1) is 8.04. The molecule has 0 radical (unpaired) electrons. The summed E-state index contributed by atoms with van der Waals surface area (Å²) in [6.45, 7) is 6.22. The smallest absolute Gasteiger partial charge is 0.119 e. The number of hydrogen-bond acceptors (Lipinski definition) is 2. The first-order valence-electron chi connectivity index (χ1n) is 6.02. The standard InChI is InChI=1S/C15H18O2/c1-4-12-14(17)6-5-10-7-11(16)8-13(9(2)3)15(10)12/h5-9,16-17H,4H2,1-3H3. The number of phenols is 2. The van der Waals surface area contributed by atoms with E-state index in [0.717, 1.165) is 28.3 Å². The Balaban J connectivity index is 2.91.